The molecule has 0 spiro atoms. The van der Waals surface area contributed by atoms with Gasteiger partial charge in [0, 0.05) is 18.7 Å². The summed E-state index contributed by atoms with van der Waals surface area (Å²) in [5.41, 5.74) is 2.93. The SMILES string of the molecule is CC(C)c1ccc(C(=O)Nc2ccccc2C(=O)N2CCCCCC2)cc1. The summed E-state index contributed by atoms with van der Waals surface area (Å²) in [7, 11) is 0. The minimum absolute atomic E-state index is 0.00274. The Morgan fingerprint density at radius 3 is 2.15 bits per heavy atom. The molecule has 0 bridgehead atoms. The van der Waals surface area contributed by atoms with Gasteiger partial charge >= 0.3 is 0 Å². The molecule has 1 aliphatic rings. The lowest BCUT2D eigenvalue weighted by Crippen LogP contribution is -2.32. The molecule has 0 aliphatic carbocycles. The van der Waals surface area contributed by atoms with Crippen LogP contribution in [-0.4, -0.2) is 29.8 Å². The fraction of sp³-hybridized carbons (Fsp3) is 0.391. The van der Waals surface area contributed by atoms with Crippen LogP contribution in [0.1, 0.15) is 71.7 Å². The van der Waals surface area contributed by atoms with Gasteiger partial charge in [0.1, 0.15) is 0 Å². The number of hydrogen-bond acceptors (Lipinski definition) is 2. The summed E-state index contributed by atoms with van der Waals surface area (Å²) < 4.78 is 0. The van der Waals surface area contributed by atoms with Crippen molar-refractivity contribution in [1.29, 1.82) is 0 Å². The van der Waals surface area contributed by atoms with Crippen molar-refractivity contribution in [3.63, 3.8) is 0 Å². The quantitative estimate of drug-likeness (QED) is 0.822. The lowest BCUT2D eigenvalue weighted by atomic mass is 10.0. The second-order valence-corrected chi connectivity index (χ2v) is 7.48. The van der Waals surface area contributed by atoms with Gasteiger partial charge < -0.3 is 10.2 Å². The molecule has 2 aromatic rings. The normalized spacial score (nSPS) is 14.7. The van der Waals surface area contributed by atoms with Crippen molar-refractivity contribution in [1.82, 2.24) is 4.90 Å². The predicted octanol–water partition coefficient (Wildman–Crippen LogP) is 5.08. The van der Waals surface area contributed by atoms with E-state index in [-0.39, 0.29) is 11.8 Å². The van der Waals surface area contributed by atoms with Crippen molar-refractivity contribution in [2.24, 2.45) is 0 Å². The second kappa shape index (κ2) is 8.85. The fourth-order valence-electron chi connectivity index (χ4n) is 3.44. The van der Waals surface area contributed by atoms with Crippen molar-refractivity contribution in [3.05, 3.63) is 65.2 Å². The lowest BCUT2D eigenvalue weighted by Gasteiger charge is -2.22. The van der Waals surface area contributed by atoms with Crippen LogP contribution >= 0.6 is 0 Å². The van der Waals surface area contributed by atoms with Gasteiger partial charge in [0.25, 0.3) is 11.8 Å². The Hall–Kier alpha value is -2.62. The van der Waals surface area contributed by atoms with Crippen molar-refractivity contribution in [2.75, 3.05) is 18.4 Å². The molecular formula is C23H28N2O2. The van der Waals surface area contributed by atoms with Crippen molar-refractivity contribution < 1.29 is 9.59 Å². The van der Waals surface area contributed by atoms with Crippen LogP contribution in [0.15, 0.2) is 48.5 Å². The third-order valence-corrected chi connectivity index (χ3v) is 5.14. The number of hydrogen-bond donors (Lipinski definition) is 1. The summed E-state index contributed by atoms with van der Waals surface area (Å²) in [4.78, 5) is 27.6. The van der Waals surface area contributed by atoms with E-state index in [0.29, 0.717) is 22.7 Å². The van der Waals surface area contributed by atoms with Crippen LogP contribution in [0.5, 0.6) is 0 Å². The predicted molar refractivity (Wildman–Crippen MR) is 109 cm³/mol. The average molecular weight is 364 g/mol. The zero-order chi connectivity index (χ0) is 19.2. The number of rotatable bonds is 4. The van der Waals surface area contributed by atoms with E-state index < -0.39 is 0 Å². The van der Waals surface area contributed by atoms with Crippen LogP contribution < -0.4 is 5.32 Å². The number of para-hydroxylation sites is 1. The number of amides is 2. The summed E-state index contributed by atoms with van der Waals surface area (Å²) in [6.07, 6.45) is 4.44. The summed E-state index contributed by atoms with van der Waals surface area (Å²) in [5.74, 6) is 0.235. The summed E-state index contributed by atoms with van der Waals surface area (Å²) >= 11 is 0. The first-order valence-electron chi connectivity index (χ1n) is 9.86. The lowest BCUT2D eigenvalue weighted by molar-refractivity contribution is 0.0762. The summed E-state index contributed by atoms with van der Waals surface area (Å²) in [6, 6.07) is 14.9. The average Bonchev–Trinajstić information content (AvgIpc) is 2.97. The minimum Gasteiger partial charge on any atom is -0.339 e. The van der Waals surface area contributed by atoms with Gasteiger partial charge in [0.2, 0.25) is 0 Å². The van der Waals surface area contributed by atoms with E-state index in [1.807, 2.05) is 41.3 Å². The number of nitrogens with zero attached hydrogens (tertiary/aromatic N) is 1. The monoisotopic (exact) mass is 364 g/mol. The Morgan fingerprint density at radius 1 is 0.889 bits per heavy atom. The molecule has 2 aromatic carbocycles. The number of anilines is 1. The molecule has 4 nitrogen and oxygen atoms in total. The number of benzene rings is 2. The van der Waals surface area contributed by atoms with Gasteiger partial charge in [-0.05, 0) is 48.6 Å². The number of carbonyl (C=O) groups is 2. The zero-order valence-corrected chi connectivity index (χ0v) is 16.2. The minimum atomic E-state index is -0.193. The van der Waals surface area contributed by atoms with E-state index in [1.54, 1.807) is 12.1 Å². The highest BCUT2D eigenvalue weighted by atomic mass is 16.2. The molecule has 1 saturated heterocycles. The Morgan fingerprint density at radius 2 is 1.52 bits per heavy atom. The molecule has 4 heteroatoms. The molecule has 0 radical (unpaired) electrons. The van der Waals surface area contributed by atoms with Crippen LogP contribution in [0, 0.1) is 0 Å². The maximum absolute atomic E-state index is 13.0. The molecule has 142 valence electrons. The summed E-state index contributed by atoms with van der Waals surface area (Å²) in [6.45, 7) is 5.83. The van der Waals surface area contributed by atoms with E-state index in [4.69, 9.17) is 0 Å². The Kier molecular flexibility index (Phi) is 6.28. The van der Waals surface area contributed by atoms with Crippen LogP contribution in [0.25, 0.3) is 0 Å². The maximum atomic E-state index is 13.0. The molecule has 0 saturated carbocycles. The van der Waals surface area contributed by atoms with Gasteiger partial charge in [-0.25, -0.2) is 0 Å². The van der Waals surface area contributed by atoms with Gasteiger partial charge in [-0.2, -0.15) is 0 Å². The van der Waals surface area contributed by atoms with Gasteiger partial charge in [-0.1, -0.05) is 51.0 Å². The van der Waals surface area contributed by atoms with E-state index in [1.165, 1.54) is 18.4 Å². The first-order chi connectivity index (χ1) is 13.1. The molecule has 3 rings (SSSR count). The third-order valence-electron chi connectivity index (χ3n) is 5.14. The van der Waals surface area contributed by atoms with Gasteiger partial charge in [-0.3, -0.25) is 9.59 Å². The molecule has 1 fully saturated rings. The first kappa shape index (κ1) is 19.2. The molecular weight excluding hydrogens is 336 g/mol. The largest absolute Gasteiger partial charge is 0.339 e. The van der Waals surface area contributed by atoms with E-state index in [9.17, 15) is 9.59 Å². The zero-order valence-electron chi connectivity index (χ0n) is 16.2. The Balaban J connectivity index is 1.77. The first-order valence-corrected chi connectivity index (χ1v) is 9.86. The Bertz CT molecular complexity index is 788. The van der Waals surface area contributed by atoms with Crippen molar-refractivity contribution in [3.8, 4) is 0 Å². The number of likely N-dealkylation sites (tertiary alicyclic amines) is 1. The fourth-order valence-corrected chi connectivity index (χ4v) is 3.44. The molecule has 1 aliphatic heterocycles. The highest BCUT2D eigenvalue weighted by molar-refractivity contribution is 6.09. The van der Waals surface area contributed by atoms with E-state index in [0.717, 1.165) is 25.9 Å². The smallest absolute Gasteiger partial charge is 0.255 e. The van der Waals surface area contributed by atoms with Crippen molar-refractivity contribution >= 4 is 17.5 Å². The van der Waals surface area contributed by atoms with Crippen LogP contribution in [0.3, 0.4) is 0 Å². The van der Waals surface area contributed by atoms with Crippen LogP contribution in [0.4, 0.5) is 5.69 Å². The standard InChI is InChI=1S/C23H28N2O2/c1-17(2)18-11-13-19(14-12-18)22(26)24-21-10-6-5-9-20(21)23(27)25-15-7-3-4-8-16-25/h5-6,9-14,17H,3-4,7-8,15-16H2,1-2H3,(H,24,26). The Labute approximate surface area is 161 Å². The molecule has 0 atom stereocenters. The summed E-state index contributed by atoms with van der Waals surface area (Å²) in [5, 5.41) is 2.92. The second-order valence-electron chi connectivity index (χ2n) is 7.48. The van der Waals surface area contributed by atoms with E-state index in [2.05, 4.69) is 19.2 Å². The molecule has 2 amide bonds. The molecule has 1 heterocycles. The maximum Gasteiger partial charge on any atom is 0.255 e. The molecule has 0 unspecified atom stereocenters. The van der Waals surface area contributed by atoms with Gasteiger partial charge in [-0.15, -0.1) is 0 Å². The molecule has 1 N–H and O–H groups in total. The van der Waals surface area contributed by atoms with Gasteiger partial charge in [0.05, 0.1) is 11.3 Å². The molecule has 0 aromatic heterocycles. The highest BCUT2D eigenvalue weighted by Gasteiger charge is 2.20. The van der Waals surface area contributed by atoms with E-state index >= 15 is 0 Å². The number of carbonyl (C=O) groups excluding carboxylic acids is 2. The number of nitrogens with one attached hydrogen (secondary N) is 1. The molecule has 27 heavy (non-hydrogen) atoms. The van der Waals surface area contributed by atoms with Crippen LogP contribution in [0.2, 0.25) is 0 Å². The highest BCUT2D eigenvalue weighted by Crippen LogP contribution is 2.21. The van der Waals surface area contributed by atoms with Gasteiger partial charge in [0.15, 0.2) is 0 Å². The van der Waals surface area contributed by atoms with Crippen LogP contribution in [-0.2, 0) is 0 Å². The topological polar surface area (TPSA) is 49.4 Å². The third kappa shape index (κ3) is 4.76. The van der Waals surface area contributed by atoms with Crippen molar-refractivity contribution in [2.45, 2.75) is 45.4 Å².